The lowest BCUT2D eigenvalue weighted by Crippen LogP contribution is -2.23. The predicted molar refractivity (Wildman–Crippen MR) is 58.2 cm³/mol. The molecule has 1 amide bonds. The summed E-state index contributed by atoms with van der Waals surface area (Å²) >= 11 is 1.82. The highest BCUT2D eigenvalue weighted by Crippen LogP contribution is 2.52. The van der Waals surface area contributed by atoms with E-state index in [1.165, 1.54) is 33.7 Å². The summed E-state index contributed by atoms with van der Waals surface area (Å²) in [6.45, 7) is 3.46. The minimum absolute atomic E-state index is 0.368. The first-order valence-corrected chi connectivity index (χ1v) is 6.06. The van der Waals surface area contributed by atoms with E-state index in [1.807, 2.05) is 11.3 Å². The maximum Gasteiger partial charge on any atom is 0.407 e. The van der Waals surface area contributed by atoms with Crippen LogP contribution in [0.5, 0.6) is 0 Å². The summed E-state index contributed by atoms with van der Waals surface area (Å²) in [5.74, 6) is 0. The van der Waals surface area contributed by atoms with Crippen LogP contribution in [0.3, 0.4) is 0 Å². The maximum absolute atomic E-state index is 10.9. The molecular formula is C11H13NO2S. The molecule has 1 aromatic rings. The molecule has 0 atom stereocenters. The third-order valence-electron chi connectivity index (χ3n) is 3.51. The van der Waals surface area contributed by atoms with Crippen molar-refractivity contribution < 1.29 is 9.90 Å². The van der Waals surface area contributed by atoms with Gasteiger partial charge in [0.2, 0.25) is 0 Å². The van der Waals surface area contributed by atoms with Crippen LogP contribution in [0.2, 0.25) is 0 Å². The van der Waals surface area contributed by atoms with E-state index in [2.05, 4.69) is 12.3 Å². The molecule has 3 rings (SSSR count). The molecule has 2 heterocycles. The molecule has 3 nitrogen and oxygen atoms in total. The summed E-state index contributed by atoms with van der Waals surface area (Å²) in [4.78, 5) is 13.8. The number of amides is 1. The minimum Gasteiger partial charge on any atom is -0.465 e. The monoisotopic (exact) mass is 223 g/mol. The minimum atomic E-state index is -0.803. The average Bonchev–Trinajstić information content (AvgIpc) is 2.63. The first kappa shape index (κ1) is 9.21. The molecule has 0 spiro atoms. The van der Waals surface area contributed by atoms with Crippen molar-refractivity contribution in [2.24, 2.45) is 0 Å². The quantitative estimate of drug-likeness (QED) is 0.795. The van der Waals surface area contributed by atoms with E-state index in [0.717, 1.165) is 0 Å². The average molecular weight is 223 g/mol. The molecule has 0 saturated heterocycles. The van der Waals surface area contributed by atoms with E-state index in [4.69, 9.17) is 5.11 Å². The number of carbonyl (C=O) groups is 1. The van der Waals surface area contributed by atoms with Crippen molar-refractivity contribution in [1.82, 2.24) is 4.90 Å². The summed E-state index contributed by atoms with van der Waals surface area (Å²) in [5, 5.41) is 11.1. The smallest absolute Gasteiger partial charge is 0.407 e. The van der Waals surface area contributed by atoms with Crippen LogP contribution in [0.1, 0.15) is 35.8 Å². The Bertz CT molecular complexity index is 434. The van der Waals surface area contributed by atoms with E-state index >= 15 is 0 Å². The van der Waals surface area contributed by atoms with E-state index < -0.39 is 6.09 Å². The molecule has 1 N–H and O–H groups in total. The van der Waals surface area contributed by atoms with Gasteiger partial charge < -0.3 is 5.11 Å². The van der Waals surface area contributed by atoms with E-state index in [1.54, 1.807) is 0 Å². The molecule has 0 radical (unpaired) electrons. The second kappa shape index (κ2) is 2.76. The van der Waals surface area contributed by atoms with Gasteiger partial charge in [-0.2, -0.15) is 0 Å². The second-order valence-corrected chi connectivity index (χ2v) is 5.65. The summed E-state index contributed by atoms with van der Waals surface area (Å²) in [5.41, 5.74) is 2.89. The number of carboxylic acid groups (broad SMARTS) is 1. The van der Waals surface area contributed by atoms with Gasteiger partial charge in [-0.3, -0.25) is 4.90 Å². The van der Waals surface area contributed by atoms with Crippen molar-refractivity contribution in [2.75, 3.05) is 0 Å². The lowest BCUT2D eigenvalue weighted by molar-refractivity contribution is 0.145. The largest absolute Gasteiger partial charge is 0.465 e. The Morgan fingerprint density at radius 2 is 2.27 bits per heavy atom. The van der Waals surface area contributed by atoms with Crippen molar-refractivity contribution in [2.45, 2.75) is 38.3 Å². The fourth-order valence-electron chi connectivity index (χ4n) is 2.23. The maximum atomic E-state index is 10.9. The number of fused-ring (bicyclic) bond motifs is 1. The molecule has 2 aliphatic rings. The van der Waals surface area contributed by atoms with E-state index in [-0.39, 0.29) is 0 Å². The van der Waals surface area contributed by atoms with Crippen LogP contribution in [-0.2, 0) is 18.5 Å². The first-order valence-electron chi connectivity index (χ1n) is 5.18. The fraction of sp³-hybridized carbons (Fsp3) is 0.545. The number of nitrogens with zero attached hydrogens (tertiary/aromatic N) is 1. The standard InChI is InChI=1S/C11H13NO2S/c1-11(2-3-11)9-8-5-12(10(13)14)4-7(8)6-15-9/h6H,2-5H2,1H3,(H,13,14). The Morgan fingerprint density at radius 1 is 1.53 bits per heavy atom. The number of thiophene rings is 1. The Labute approximate surface area is 92.3 Å². The topological polar surface area (TPSA) is 40.5 Å². The van der Waals surface area contributed by atoms with Gasteiger partial charge >= 0.3 is 6.09 Å². The molecule has 1 fully saturated rings. The SMILES string of the molecule is CC1(c2scc3c2CN(C(=O)O)C3)CC1. The van der Waals surface area contributed by atoms with Crippen molar-refractivity contribution in [3.05, 3.63) is 21.4 Å². The number of hydrogen-bond acceptors (Lipinski definition) is 2. The van der Waals surface area contributed by atoms with Gasteiger partial charge in [-0.1, -0.05) is 6.92 Å². The summed E-state index contributed by atoms with van der Waals surface area (Å²) in [7, 11) is 0. The Kier molecular flexibility index (Phi) is 1.69. The van der Waals surface area contributed by atoms with Crippen molar-refractivity contribution in [3.8, 4) is 0 Å². The summed E-state index contributed by atoms with van der Waals surface area (Å²) < 4.78 is 0. The zero-order chi connectivity index (χ0) is 10.6. The van der Waals surface area contributed by atoms with Crippen LogP contribution in [-0.4, -0.2) is 16.1 Å². The molecule has 15 heavy (non-hydrogen) atoms. The fourth-order valence-corrected chi connectivity index (χ4v) is 3.54. The van der Waals surface area contributed by atoms with Crippen molar-refractivity contribution in [1.29, 1.82) is 0 Å². The lowest BCUT2D eigenvalue weighted by Gasteiger charge is -2.12. The Balaban J connectivity index is 1.94. The molecule has 1 saturated carbocycles. The van der Waals surface area contributed by atoms with Gasteiger partial charge in [-0.05, 0) is 29.3 Å². The van der Waals surface area contributed by atoms with Gasteiger partial charge in [0.25, 0.3) is 0 Å². The van der Waals surface area contributed by atoms with Crippen molar-refractivity contribution in [3.63, 3.8) is 0 Å². The van der Waals surface area contributed by atoms with Crippen molar-refractivity contribution >= 4 is 17.4 Å². The normalized spacial score (nSPS) is 21.5. The van der Waals surface area contributed by atoms with E-state index in [0.29, 0.717) is 18.5 Å². The third-order valence-corrected chi connectivity index (χ3v) is 4.89. The first-order chi connectivity index (χ1) is 7.10. The zero-order valence-corrected chi connectivity index (χ0v) is 9.43. The van der Waals surface area contributed by atoms with Gasteiger partial charge in [0.15, 0.2) is 0 Å². The molecule has 1 aliphatic heterocycles. The predicted octanol–water partition coefficient (Wildman–Crippen LogP) is 2.79. The highest BCUT2D eigenvalue weighted by Gasteiger charge is 2.43. The molecule has 1 aliphatic carbocycles. The molecule has 80 valence electrons. The third kappa shape index (κ3) is 1.28. The number of hydrogen-bond donors (Lipinski definition) is 1. The van der Waals surface area contributed by atoms with Gasteiger partial charge in [0.1, 0.15) is 0 Å². The highest BCUT2D eigenvalue weighted by molar-refractivity contribution is 7.10. The van der Waals surface area contributed by atoms with E-state index in [9.17, 15) is 4.79 Å². The van der Waals surface area contributed by atoms with Gasteiger partial charge in [-0.15, -0.1) is 11.3 Å². The molecule has 4 heteroatoms. The summed E-state index contributed by atoms with van der Waals surface area (Å²) in [6.07, 6.45) is 1.71. The number of rotatable bonds is 1. The molecule has 0 unspecified atom stereocenters. The van der Waals surface area contributed by atoms with Crippen LogP contribution in [0, 0.1) is 0 Å². The van der Waals surface area contributed by atoms with Crippen LogP contribution >= 0.6 is 11.3 Å². The lowest BCUT2D eigenvalue weighted by atomic mass is 10.0. The Morgan fingerprint density at radius 3 is 2.87 bits per heavy atom. The molecule has 0 aromatic carbocycles. The Hall–Kier alpha value is -1.03. The van der Waals surface area contributed by atoms with Gasteiger partial charge in [0.05, 0.1) is 13.1 Å². The van der Waals surface area contributed by atoms with Crippen LogP contribution < -0.4 is 0 Å². The zero-order valence-electron chi connectivity index (χ0n) is 8.62. The summed E-state index contributed by atoms with van der Waals surface area (Å²) in [6, 6.07) is 0. The second-order valence-electron chi connectivity index (χ2n) is 4.77. The van der Waals surface area contributed by atoms with Crippen LogP contribution in [0.25, 0.3) is 0 Å². The molecule has 1 aromatic heterocycles. The van der Waals surface area contributed by atoms with Gasteiger partial charge in [-0.25, -0.2) is 4.79 Å². The van der Waals surface area contributed by atoms with Crippen LogP contribution in [0.4, 0.5) is 4.79 Å². The molecular weight excluding hydrogens is 210 g/mol. The highest BCUT2D eigenvalue weighted by atomic mass is 32.1. The van der Waals surface area contributed by atoms with Crippen LogP contribution in [0.15, 0.2) is 5.38 Å². The molecule has 0 bridgehead atoms. The van der Waals surface area contributed by atoms with Gasteiger partial charge in [0, 0.05) is 10.3 Å².